The Morgan fingerprint density at radius 3 is 2.26 bits per heavy atom. The number of carbonyl (C=O) groups excluding carboxylic acids is 2. The minimum atomic E-state index is -0.196. The first-order valence-electron chi connectivity index (χ1n) is 10.0. The summed E-state index contributed by atoms with van der Waals surface area (Å²) in [6, 6.07) is 12.5. The van der Waals surface area contributed by atoms with E-state index in [-0.39, 0.29) is 17.7 Å². The molecular formula is C23H27N3O5. The molecule has 1 fully saturated rings. The number of carbonyl (C=O) groups is 2. The van der Waals surface area contributed by atoms with Crippen LogP contribution in [-0.2, 0) is 4.79 Å². The van der Waals surface area contributed by atoms with Crippen LogP contribution in [0.5, 0.6) is 17.2 Å². The third-order valence-corrected chi connectivity index (χ3v) is 5.27. The van der Waals surface area contributed by atoms with E-state index in [1.807, 2.05) is 24.3 Å². The van der Waals surface area contributed by atoms with Crippen LogP contribution >= 0.6 is 0 Å². The lowest BCUT2D eigenvalue weighted by Crippen LogP contribution is -2.42. The summed E-state index contributed by atoms with van der Waals surface area (Å²) in [5.74, 6) is 1.35. The monoisotopic (exact) mass is 425 g/mol. The quantitative estimate of drug-likeness (QED) is 0.544. The predicted molar refractivity (Wildman–Crippen MR) is 117 cm³/mol. The number of likely N-dealkylation sites (tertiary alicyclic amines) is 1. The van der Waals surface area contributed by atoms with E-state index in [4.69, 9.17) is 14.2 Å². The molecule has 0 bridgehead atoms. The van der Waals surface area contributed by atoms with Gasteiger partial charge in [-0.1, -0.05) is 12.1 Å². The van der Waals surface area contributed by atoms with Gasteiger partial charge in [0.05, 0.1) is 27.5 Å². The summed E-state index contributed by atoms with van der Waals surface area (Å²) in [4.78, 5) is 27.1. The summed E-state index contributed by atoms with van der Waals surface area (Å²) >= 11 is 0. The molecule has 1 N–H and O–H groups in total. The normalized spacial score (nSPS) is 14.4. The molecule has 2 aromatic carbocycles. The lowest BCUT2D eigenvalue weighted by atomic mass is 9.95. The van der Waals surface area contributed by atoms with Crippen LogP contribution in [0.15, 0.2) is 47.6 Å². The van der Waals surface area contributed by atoms with Crippen molar-refractivity contribution in [2.45, 2.75) is 12.8 Å². The number of nitrogens with one attached hydrogen (secondary N) is 1. The Hall–Kier alpha value is -3.55. The van der Waals surface area contributed by atoms with Crippen molar-refractivity contribution in [3.63, 3.8) is 0 Å². The molecule has 0 radical (unpaired) electrons. The van der Waals surface area contributed by atoms with E-state index in [1.165, 1.54) is 0 Å². The average molecular weight is 425 g/mol. The number of hydrogen-bond acceptors (Lipinski definition) is 6. The first kappa shape index (κ1) is 22.1. The van der Waals surface area contributed by atoms with Crippen LogP contribution in [0.1, 0.15) is 28.8 Å². The largest absolute Gasteiger partial charge is 0.497 e. The van der Waals surface area contributed by atoms with Gasteiger partial charge in [0.25, 0.3) is 5.91 Å². The van der Waals surface area contributed by atoms with E-state index >= 15 is 0 Å². The van der Waals surface area contributed by atoms with E-state index in [0.29, 0.717) is 48.7 Å². The number of amides is 2. The zero-order valence-corrected chi connectivity index (χ0v) is 18.0. The van der Waals surface area contributed by atoms with E-state index < -0.39 is 0 Å². The van der Waals surface area contributed by atoms with Gasteiger partial charge in [-0.2, -0.15) is 5.10 Å². The third-order valence-electron chi connectivity index (χ3n) is 5.27. The van der Waals surface area contributed by atoms with E-state index in [0.717, 1.165) is 5.56 Å². The fraction of sp³-hybridized carbons (Fsp3) is 0.348. The van der Waals surface area contributed by atoms with Crippen LogP contribution in [0.2, 0.25) is 0 Å². The maximum Gasteiger partial charge on any atom is 0.254 e. The second-order valence-corrected chi connectivity index (χ2v) is 7.14. The number of methoxy groups -OCH3 is 3. The first-order valence-corrected chi connectivity index (χ1v) is 10.0. The molecule has 0 unspecified atom stereocenters. The number of hydrazone groups is 1. The number of benzene rings is 2. The molecule has 8 heteroatoms. The average Bonchev–Trinajstić information content (AvgIpc) is 2.83. The van der Waals surface area contributed by atoms with Gasteiger partial charge in [-0.05, 0) is 37.1 Å². The van der Waals surface area contributed by atoms with E-state index in [9.17, 15) is 9.59 Å². The minimum Gasteiger partial charge on any atom is -0.497 e. The van der Waals surface area contributed by atoms with Crippen LogP contribution < -0.4 is 19.6 Å². The Balaban J connectivity index is 1.55. The van der Waals surface area contributed by atoms with Crippen molar-refractivity contribution in [2.24, 2.45) is 11.0 Å². The summed E-state index contributed by atoms with van der Waals surface area (Å²) in [5, 5.41) is 4.05. The van der Waals surface area contributed by atoms with Crippen molar-refractivity contribution < 1.29 is 23.8 Å². The van der Waals surface area contributed by atoms with Crippen LogP contribution in [0.4, 0.5) is 0 Å². The summed E-state index contributed by atoms with van der Waals surface area (Å²) in [5.41, 5.74) is 3.87. The second kappa shape index (κ2) is 10.5. The molecule has 1 heterocycles. The molecule has 2 amide bonds. The van der Waals surface area contributed by atoms with Gasteiger partial charge < -0.3 is 19.1 Å². The maximum atomic E-state index is 12.9. The summed E-state index contributed by atoms with van der Waals surface area (Å²) in [6.45, 7) is 0.985. The predicted octanol–water partition coefficient (Wildman–Crippen LogP) is 2.71. The van der Waals surface area contributed by atoms with Gasteiger partial charge in [-0.25, -0.2) is 5.43 Å². The third kappa shape index (κ3) is 5.53. The standard InChI is InChI=1S/C23H27N3O5/c1-29-19-12-18(13-20(14-19)30-2)23(28)26-10-8-16(9-11-26)22(27)25-24-15-17-6-4-5-7-21(17)31-3/h4-7,12-16H,8-11H2,1-3H3,(H,25,27)/b24-15-. The van der Waals surface area contributed by atoms with Gasteiger partial charge in [0.2, 0.25) is 5.91 Å². The second-order valence-electron chi connectivity index (χ2n) is 7.14. The molecule has 0 spiro atoms. The molecular weight excluding hydrogens is 398 g/mol. The number of piperidine rings is 1. The molecule has 2 aromatic rings. The molecule has 8 nitrogen and oxygen atoms in total. The molecule has 164 valence electrons. The molecule has 0 atom stereocenters. The van der Waals surface area contributed by atoms with Crippen molar-refractivity contribution >= 4 is 18.0 Å². The Morgan fingerprint density at radius 2 is 1.65 bits per heavy atom. The number of ether oxygens (including phenoxy) is 3. The van der Waals surface area contributed by atoms with E-state index in [1.54, 1.807) is 50.6 Å². The van der Waals surface area contributed by atoms with Gasteiger partial charge >= 0.3 is 0 Å². The van der Waals surface area contributed by atoms with Gasteiger partial charge in [0, 0.05) is 36.2 Å². The molecule has 1 aliphatic rings. The lowest BCUT2D eigenvalue weighted by Gasteiger charge is -2.31. The van der Waals surface area contributed by atoms with Gasteiger partial charge in [-0.15, -0.1) is 0 Å². The van der Waals surface area contributed by atoms with Crippen molar-refractivity contribution in [3.05, 3.63) is 53.6 Å². The topological polar surface area (TPSA) is 89.5 Å². The fourth-order valence-electron chi connectivity index (χ4n) is 3.49. The summed E-state index contributed by atoms with van der Waals surface area (Å²) in [7, 11) is 4.68. The Morgan fingerprint density at radius 1 is 1.00 bits per heavy atom. The zero-order chi connectivity index (χ0) is 22.2. The highest BCUT2D eigenvalue weighted by atomic mass is 16.5. The highest BCUT2D eigenvalue weighted by molar-refractivity contribution is 5.95. The van der Waals surface area contributed by atoms with Gasteiger partial charge in [0.1, 0.15) is 17.2 Å². The van der Waals surface area contributed by atoms with Crippen LogP contribution in [0.25, 0.3) is 0 Å². The van der Waals surface area contributed by atoms with E-state index in [2.05, 4.69) is 10.5 Å². The maximum absolute atomic E-state index is 12.9. The van der Waals surface area contributed by atoms with Crippen LogP contribution in [0.3, 0.4) is 0 Å². The zero-order valence-electron chi connectivity index (χ0n) is 18.0. The highest BCUT2D eigenvalue weighted by Crippen LogP contribution is 2.25. The smallest absolute Gasteiger partial charge is 0.254 e. The van der Waals surface area contributed by atoms with Gasteiger partial charge in [0.15, 0.2) is 0 Å². The number of para-hydroxylation sites is 1. The summed E-state index contributed by atoms with van der Waals surface area (Å²) < 4.78 is 15.7. The SMILES string of the molecule is COc1cc(OC)cc(C(=O)N2CCC(C(=O)N/N=C\c3ccccc3OC)CC2)c1. The van der Waals surface area contributed by atoms with Crippen LogP contribution in [0, 0.1) is 5.92 Å². The number of rotatable bonds is 7. The Bertz CT molecular complexity index is 930. The van der Waals surface area contributed by atoms with Crippen molar-refractivity contribution in [3.8, 4) is 17.2 Å². The first-order chi connectivity index (χ1) is 15.0. The molecule has 3 rings (SSSR count). The molecule has 0 aromatic heterocycles. The molecule has 0 aliphatic carbocycles. The Labute approximate surface area is 181 Å². The van der Waals surface area contributed by atoms with Gasteiger partial charge in [-0.3, -0.25) is 9.59 Å². The minimum absolute atomic E-state index is 0.106. The molecule has 1 aliphatic heterocycles. The number of hydrogen-bond donors (Lipinski definition) is 1. The highest BCUT2D eigenvalue weighted by Gasteiger charge is 2.28. The number of nitrogens with zero attached hydrogens (tertiary/aromatic N) is 2. The van der Waals surface area contributed by atoms with Crippen LogP contribution in [-0.4, -0.2) is 57.3 Å². The summed E-state index contributed by atoms with van der Waals surface area (Å²) in [6.07, 6.45) is 2.71. The fourth-order valence-corrected chi connectivity index (χ4v) is 3.49. The van der Waals surface area contributed by atoms with Crippen molar-refractivity contribution in [1.29, 1.82) is 0 Å². The Kier molecular flexibility index (Phi) is 7.48. The van der Waals surface area contributed by atoms with Crippen molar-refractivity contribution in [2.75, 3.05) is 34.4 Å². The lowest BCUT2D eigenvalue weighted by molar-refractivity contribution is -0.126. The van der Waals surface area contributed by atoms with Crippen molar-refractivity contribution in [1.82, 2.24) is 10.3 Å². The molecule has 1 saturated heterocycles. The molecule has 31 heavy (non-hydrogen) atoms. The molecule has 0 saturated carbocycles.